The number of hydrogen-bond donors (Lipinski definition) is 0. The van der Waals surface area contributed by atoms with Crippen LogP contribution in [-0.2, 0) is 11.2 Å². The van der Waals surface area contributed by atoms with Gasteiger partial charge in [-0.3, -0.25) is 0 Å². The zero-order valence-electron chi connectivity index (χ0n) is 33.8. The van der Waals surface area contributed by atoms with E-state index in [0.717, 1.165) is 12.0 Å². The zero-order valence-corrected chi connectivity index (χ0v) is 33.8. The maximum absolute atomic E-state index is 13.6. The van der Waals surface area contributed by atoms with Crippen molar-refractivity contribution < 1.29 is 9.53 Å². The highest BCUT2D eigenvalue weighted by molar-refractivity contribution is 5.91. The van der Waals surface area contributed by atoms with E-state index >= 15 is 0 Å². The Morgan fingerprint density at radius 3 is 1.16 bits per heavy atom. The van der Waals surface area contributed by atoms with Crippen molar-refractivity contribution >= 4 is 5.97 Å². The lowest BCUT2D eigenvalue weighted by Gasteiger charge is -2.20. The quantitative estimate of drug-likeness (QED) is 0.0516. The molecule has 1 rings (SSSR count). The van der Waals surface area contributed by atoms with Crippen molar-refractivity contribution in [3.8, 4) is 0 Å². The van der Waals surface area contributed by atoms with Gasteiger partial charge in [0, 0.05) is 0 Å². The van der Waals surface area contributed by atoms with Crippen LogP contribution in [-0.4, -0.2) is 12.6 Å². The fourth-order valence-corrected chi connectivity index (χ4v) is 7.70. The fourth-order valence-electron chi connectivity index (χ4n) is 7.70. The molecule has 0 aliphatic rings. The topological polar surface area (TPSA) is 26.3 Å². The van der Waals surface area contributed by atoms with E-state index in [1.54, 1.807) is 0 Å². The van der Waals surface area contributed by atoms with Gasteiger partial charge in [-0.25, -0.2) is 4.79 Å². The Bertz CT molecular complexity index is 831. The van der Waals surface area contributed by atoms with Crippen LogP contribution >= 0.6 is 0 Å². The number of rotatable bonds is 37. The van der Waals surface area contributed by atoms with Gasteiger partial charge < -0.3 is 4.74 Å². The highest BCUT2D eigenvalue weighted by atomic mass is 16.5. The first-order valence-corrected chi connectivity index (χ1v) is 22.4. The molecule has 49 heavy (non-hydrogen) atoms. The molecule has 0 saturated heterocycles. The summed E-state index contributed by atoms with van der Waals surface area (Å²) in [7, 11) is 0. The van der Waals surface area contributed by atoms with Gasteiger partial charge in [0.2, 0.25) is 0 Å². The van der Waals surface area contributed by atoms with E-state index in [0.29, 0.717) is 18.4 Å². The van der Waals surface area contributed by atoms with Crippen molar-refractivity contribution in [1.82, 2.24) is 0 Å². The van der Waals surface area contributed by atoms with Crippen molar-refractivity contribution in [3.63, 3.8) is 0 Å². The predicted molar refractivity (Wildman–Crippen MR) is 218 cm³/mol. The zero-order chi connectivity index (χ0) is 35.5. The highest BCUT2D eigenvalue weighted by Gasteiger charge is 2.19. The molecule has 2 unspecified atom stereocenters. The van der Waals surface area contributed by atoms with E-state index in [2.05, 4.69) is 39.8 Å². The molecule has 286 valence electrons. The van der Waals surface area contributed by atoms with Gasteiger partial charge in [0.1, 0.15) is 0 Å². The number of benzene rings is 1. The number of ether oxygens (including phenoxy) is 1. The third-order valence-corrected chi connectivity index (χ3v) is 11.1. The van der Waals surface area contributed by atoms with Crippen LogP contribution in [0.3, 0.4) is 0 Å². The summed E-state index contributed by atoms with van der Waals surface area (Å²) in [4.78, 5) is 13.6. The largest absolute Gasteiger partial charge is 0.462 e. The Morgan fingerprint density at radius 1 is 0.449 bits per heavy atom. The van der Waals surface area contributed by atoms with E-state index in [1.807, 2.05) is 12.1 Å². The SMILES string of the molecule is CCCCCCCCCCC(CCCCCCCC)COC(=O)c1ccccc1CC(CCCCCCCC)CCCCCCCCCC. The maximum Gasteiger partial charge on any atom is 0.338 e. The van der Waals surface area contributed by atoms with Gasteiger partial charge in [0.25, 0.3) is 0 Å². The predicted octanol–water partition coefficient (Wildman–Crippen LogP) is 16.2. The maximum atomic E-state index is 13.6. The molecule has 0 radical (unpaired) electrons. The van der Waals surface area contributed by atoms with Crippen LogP contribution in [0, 0.1) is 11.8 Å². The number of carbonyl (C=O) groups is 1. The van der Waals surface area contributed by atoms with Crippen LogP contribution < -0.4 is 0 Å². The van der Waals surface area contributed by atoms with E-state index in [1.165, 1.54) is 211 Å². The van der Waals surface area contributed by atoms with Gasteiger partial charge in [-0.05, 0) is 42.7 Å². The molecule has 0 amide bonds. The van der Waals surface area contributed by atoms with E-state index < -0.39 is 0 Å². The molecule has 0 bridgehead atoms. The monoisotopic (exact) mass is 683 g/mol. The number of esters is 1. The normalized spacial score (nSPS) is 12.7. The first-order chi connectivity index (χ1) is 24.2. The first-order valence-electron chi connectivity index (χ1n) is 22.4. The molecule has 2 atom stereocenters. The van der Waals surface area contributed by atoms with E-state index in [-0.39, 0.29) is 5.97 Å². The first kappa shape index (κ1) is 45.7. The molecular weight excluding hydrogens is 597 g/mol. The van der Waals surface area contributed by atoms with Crippen molar-refractivity contribution in [2.45, 2.75) is 240 Å². The van der Waals surface area contributed by atoms with Gasteiger partial charge in [0.15, 0.2) is 0 Å². The Hall–Kier alpha value is -1.31. The summed E-state index contributed by atoms with van der Waals surface area (Å²) >= 11 is 0. The van der Waals surface area contributed by atoms with E-state index in [4.69, 9.17) is 4.74 Å². The molecule has 2 nitrogen and oxygen atoms in total. The minimum absolute atomic E-state index is 0.0788. The summed E-state index contributed by atoms with van der Waals surface area (Å²) in [5.74, 6) is 1.09. The lowest BCUT2D eigenvalue weighted by molar-refractivity contribution is 0.0420. The summed E-state index contributed by atoms with van der Waals surface area (Å²) < 4.78 is 6.18. The standard InChI is InChI=1S/C47H86O2/c1-5-9-13-17-21-23-27-30-36-43(35-29-25-19-15-11-7-3)41-45-39-33-34-40-46(45)47(48)49-42-44(37-31-26-20-16-12-8-4)38-32-28-24-22-18-14-10-6-2/h33-34,39-40,43-44H,5-32,35-38,41-42H2,1-4H3. The molecule has 2 heteroatoms. The number of hydrogen-bond acceptors (Lipinski definition) is 2. The lowest BCUT2D eigenvalue weighted by atomic mass is 9.87. The minimum atomic E-state index is -0.0788. The summed E-state index contributed by atoms with van der Waals surface area (Å²) in [6, 6.07) is 8.42. The fraction of sp³-hybridized carbons (Fsp3) is 0.851. The molecule has 0 heterocycles. The molecule has 0 spiro atoms. The van der Waals surface area contributed by atoms with Crippen LogP contribution in [0.15, 0.2) is 24.3 Å². The Balaban J connectivity index is 2.72. The van der Waals surface area contributed by atoms with Crippen LogP contribution in [0.1, 0.15) is 249 Å². The van der Waals surface area contributed by atoms with Crippen LogP contribution in [0.5, 0.6) is 0 Å². The minimum Gasteiger partial charge on any atom is -0.462 e. The second kappa shape index (κ2) is 35.1. The van der Waals surface area contributed by atoms with Crippen LogP contribution in [0.2, 0.25) is 0 Å². The molecule has 1 aromatic rings. The molecular formula is C47H86O2. The van der Waals surface area contributed by atoms with Crippen molar-refractivity contribution in [2.75, 3.05) is 6.61 Å². The third kappa shape index (κ3) is 27.1. The second-order valence-corrected chi connectivity index (χ2v) is 15.8. The lowest BCUT2D eigenvalue weighted by Crippen LogP contribution is -2.17. The average Bonchev–Trinajstić information content (AvgIpc) is 3.11. The molecule has 0 aliphatic carbocycles. The van der Waals surface area contributed by atoms with E-state index in [9.17, 15) is 4.79 Å². The van der Waals surface area contributed by atoms with Crippen LogP contribution in [0.25, 0.3) is 0 Å². The van der Waals surface area contributed by atoms with Gasteiger partial charge >= 0.3 is 5.97 Å². The highest BCUT2D eigenvalue weighted by Crippen LogP contribution is 2.26. The molecule has 0 saturated carbocycles. The third-order valence-electron chi connectivity index (χ3n) is 11.1. The van der Waals surface area contributed by atoms with Crippen molar-refractivity contribution in [3.05, 3.63) is 35.4 Å². The average molecular weight is 683 g/mol. The summed E-state index contributed by atoms with van der Waals surface area (Å²) in [6.07, 6.45) is 44.0. The molecule has 1 aromatic carbocycles. The Kier molecular flexibility index (Phi) is 32.8. The molecule has 0 aromatic heterocycles. The Morgan fingerprint density at radius 2 is 0.776 bits per heavy atom. The summed E-state index contributed by atoms with van der Waals surface area (Å²) in [6.45, 7) is 9.78. The van der Waals surface area contributed by atoms with Gasteiger partial charge in [-0.15, -0.1) is 0 Å². The molecule has 0 fully saturated rings. The smallest absolute Gasteiger partial charge is 0.338 e. The van der Waals surface area contributed by atoms with Gasteiger partial charge in [-0.1, -0.05) is 239 Å². The van der Waals surface area contributed by atoms with Crippen LogP contribution in [0.4, 0.5) is 0 Å². The van der Waals surface area contributed by atoms with Crippen molar-refractivity contribution in [2.24, 2.45) is 11.8 Å². The number of unbranched alkanes of at least 4 members (excludes halogenated alkanes) is 24. The second-order valence-electron chi connectivity index (χ2n) is 15.8. The summed E-state index contributed by atoms with van der Waals surface area (Å²) in [5, 5.41) is 0. The molecule has 0 aliphatic heterocycles. The number of carbonyl (C=O) groups excluding carboxylic acids is 1. The van der Waals surface area contributed by atoms with Gasteiger partial charge in [0.05, 0.1) is 12.2 Å². The van der Waals surface area contributed by atoms with Gasteiger partial charge in [-0.2, -0.15) is 0 Å². The Labute approximate surface area is 308 Å². The summed E-state index contributed by atoms with van der Waals surface area (Å²) in [5.41, 5.74) is 2.05. The molecule has 0 N–H and O–H groups in total. The van der Waals surface area contributed by atoms with Crippen molar-refractivity contribution in [1.29, 1.82) is 0 Å².